The molecular formula is C30H26N6O7S. The summed E-state index contributed by atoms with van der Waals surface area (Å²) in [4.78, 5) is 30.2. The molecule has 0 aliphatic carbocycles. The minimum absolute atomic E-state index is 0.0356. The van der Waals surface area contributed by atoms with Crippen molar-refractivity contribution in [3.05, 3.63) is 103 Å². The first-order chi connectivity index (χ1) is 21.3. The molecule has 0 amide bonds. The molecule has 3 heterocycles. The third-order valence-electron chi connectivity index (χ3n) is 7.13. The summed E-state index contributed by atoms with van der Waals surface area (Å²) in [5.74, 6) is 1.77. The van der Waals surface area contributed by atoms with E-state index in [0.717, 1.165) is 0 Å². The summed E-state index contributed by atoms with van der Waals surface area (Å²) in [6.45, 7) is 1.77. The molecule has 0 radical (unpaired) electrons. The van der Waals surface area contributed by atoms with Crippen LogP contribution in [-0.2, 0) is 7.05 Å². The van der Waals surface area contributed by atoms with E-state index in [9.17, 15) is 14.9 Å². The Labute approximate surface area is 254 Å². The molecule has 3 aromatic carbocycles. The number of hydrogen-bond donors (Lipinski definition) is 0. The van der Waals surface area contributed by atoms with Crippen LogP contribution in [0.1, 0.15) is 11.3 Å². The van der Waals surface area contributed by atoms with Crippen LogP contribution in [0.5, 0.6) is 23.0 Å². The van der Waals surface area contributed by atoms with Gasteiger partial charge in [0.05, 0.1) is 54.1 Å². The molecule has 0 spiro atoms. The summed E-state index contributed by atoms with van der Waals surface area (Å²) < 4.78 is 26.6. The minimum Gasteiger partial charge on any atom is -0.497 e. The highest BCUT2D eigenvalue weighted by Gasteiger charge is 2.23. The maximum atomic E-state index is 13.7. The topological polar surface area (TPSA) is 137 Å². The third-order valence-corrected chi connectivity index (χ3v) is 7.95. The van der Waals surface area contributed by atoms with Crippen LogP contribution in [0.2, 0.25) is 0 Å². The van der Waals surface area contributed by atoms with Crippen LogP contribution in [0.3, 0.4) is 0 Å². The number of hydrogen-bond acceptors (Lipinski definition) is 10. The second kappa shape index (κ2) is 11.6. The number of ether oxygens (including phenoxy) is 4. The van der Waals surface area contributed by atoms with Gasteiger partial charge in [-0.3, -0.25) is 19.6 Å². The van der Waals surface area contributed by atoms with E-state index in [0.29, 0.717) is 44.7 Å². The minimum atomic E-state index is -0.516. The molecule has 13 nitrogen and oxygen atoms in total. The van der Waals surface area contributed by atoms with Gasteiger partial charge in [0.1, 0.15) is 11.5 Å². The molecule has 0 N–H and O–H groups in total. The van der Waals surface area contributed by atoms with Crippen molar-refractivity contribution in [2.24, 2.45) is 17.1 Å². The average molecular weight is 615 g/mol. The molecule has 14 heteroatoms. The number of nitrogens with zero attached hydrogens (tertiary/aromatic N) is 6. The molecular weight excluding hydrogens is 588 g/mol. The number of para-hydroxylation sites is 1. The molecule has 44 heavy (non-hydrogen) atoms. The second-order valence-electron chi connectivity index (χ2n) is 9.57. The summed E-state index contributed by atoms with van der Waals surface area (Å²) in [6.07, 6.45) is 1.35. The fourth-order valence-electron chi connectivity index (χ4n) is 4.80. The van der Waals surface area contributed by atoms with Gasteiger partial charge in [-0.2, -0.15) is 5.10 Å². The van der Waals surface area contributed by atoms with Crippen molar-refractivity contribution in [2.75, 3.05) is 21.0 Å². The van der Waals surface area contributed by atoms with Crippen molar-refractivity contribution in [3.8, 4) is 39.9 Å². The lowest BCUT2D eigenvalue weighted by molar-refractivity contribution is -0.385. The van der Waals surface area contributed by atoms with Crippen molar-refractivity contribution in [1.29, 1.82) is 0 Å². The Hall–Kier alpha value is -5.63. The van der Waals surface area contributed by atoms with Gasteiger partial charge in [0, 0.05) is 18.0 Å². The number of thiazole rings is 1. The smallest absolute Gasteiger partial charge is 0.297 e. The molecule has 1 aliphatic rings. The Bertz CT molecular complexity index is 2060. The number of methoxy groups -OCH3 is 2. The van der Waals surface area contributed by atoms with Crippen LogP contribution >= 0.6 is 11.3 Å². The molecule has 6 rings (SSSR count). The number of fused-ring (bicyclic) bond motifs is 1. The Kier molecular flexibility index (Phi) is 7.49. The maximum absolute atomic E-state index is 13.7. The first kappa shape index (κ1) is 28.5. The normalized spacial score (nSPS) is 12.7. The van der Waals surface area contributed by atoms with Gasteiger partial charge in [-0.15, -0.1) is 11.3 Å². The highest BCUT2D eigenvalue weighted by Crippen LogP contribution is 2.38. The zero-order chi connectivity index (χ0) is 31.0. The molecule has 224 valence electrons. The molecule has 0 saturated heterocycles. The van der Waals surface area contributed by atoms with E-state index in [1.165, 1.54) is 39.0 Å². The standard InChI is InChI=1S/C30H26N6O7S/c1-18-28(29(37)35(33(18)2)20-8-6-5-7-9-20)32-30-34(24(16-44-30)22-13-21(40-3)10-11-25(22)41-4)31-15-19-12-26-27(43-17-42-26)14-23(19)36(38)39/h5-16H,17H2,1-4H3. The van der Waals surface area contributed by atoms with Crippen LogP contribution in [0, 0.1) is 17.0 Å². The van der Waals surface area contributed by atoms with Crippen molar-refractivity contribution in [2.45, 2.75) is 6.92 Å². The van der Waals surface area contributed by atoms with E-state index >= 15 is 0 Å². The highest BCUT2D eigenvalue weighted by molar-refractivity contribution is 7.07. The van der Waals surface area contributed by atoms with Gasteiger partial charge in [-0.05, 0) is 43.3 Å². The van der Waals surface area contributed by atoms with E-state index in [-0.39, 0.29) is 35.0 Å². The maximum Gasteiger partial charge on any atom is 0.297 e. The highest BCUT2D eigenvalue weighted by atomic mass is 32.1. The van der Waals surface area contributed by atoms with Crippen LogP contribution in [0.15, 0.2) is 80.9 Å². The summed E-state index contributed by atoms with van der Waals surface area (Å²) >= 11 is 1.24. The third kappa shape index (κ3) is 5.00. The zero-order valence-electron chi connectivity index (χ0n) is 24.1. The van der Waals surface area contributed by atoms with E-state index in [1.807, 2.05) is 42.6 Å². The molecule has 1 aliphatic heterocycles. The molecule has 0 bridgehead atoms. The van der Waals surface area contributed by atoms with E-state index in [1.54, 1.807) is 44.1 Å². The molecule has 0 atom stereocenters. The van der Waals surface area contributed by atoms with E-state index < -0.39 is 4.92 Å². The van der Waals surface area contributed by atoms with Gasteiger partial charge in [0.25, 0.3) is 11.2 Å². The SMILES string of the molecule is COc1ccc(OC)c(-c2csc(=Nc3c(C)n(C)n(-c4ccccc4)c3=O)n2N=Cc2cc3c(cc2[N+](=O)[O-])OCO3)c1. The number of nitro benzene ring substituents is 1. The van der Waals surface area contributed by atoms with Gasteiger partial charge in [0.2, 0.25) is 11.6 Å². The fraction of sp³-hybridized carbons (Fsp3) is 0.167. The zero-order valence-corrected chi connectivity index (χ0v) is 24.9. The van der Waals surface area contributed by atoms with Crippen LogP contribution in [0.25, 0.3) is 16.9 Å². The number of benzene rings is 3. The average Bonchev–Trinajstić information content (AvgIpc) is 3.72. The first-order valence-corrected chi connectivity index (χ1v) is 14.1. The Morgan fingerprint density at radius 1 is 1.05 bits per heavy atom. The predicted octanol–water partition coefficient (Wildman–Crippen LogP) is 4.78. The second-order valence-corrected chi connectivity index (χ2v) is 10.4. The van der Waals surface area contributed by atoms with Crippen molar-refractivity contribution >= 4 is 28.9 Å². The molecule has 2 aromatic heterocycles. The molecule has 0 fully saturated rings. The van der Waals surface area contributed by atoms with Gasteiger partial charge in [-0.1, -0.05) is 18.2 Å². The van der Waals surface area contributed by atoms with Gasteiger partial charge >= 0.3 is 0 Å². The van der Waals surface area contributed by atoms with E-state index in [2.05, 4.69) is 5.10 Å². The monoisotopic (exact) mass is 614 g/mol. The van der Waals surface area contributed by atoms with Crippen molar-refractivity contribution in [3.63, 3.8) is 0 Å². The number of nitro groups is 1. The van der Waals surface area contributed by atoms with Crippen LogP contribution in [0.4, 0.5) is 11.4 Å². The predicted molar refractivity (Wildman–Crippen MR) is 164 cm³/mol. The number of rotatable bonds is 8. The summed E-state index contributed by atoms with van der Waals surface area (Å²) in [7, 11) is 4.89. The van der Waals surface area contributed by atoms with Crippen molar-refractivity contribution < 1.29 is 23.9 Å². The van der Waals surface area contributed by atoms with Crippen LogP contribution in [-0.4, -0.2) is 46.2 Å². The lowest BCUT2D eigenvalue weighted by atomic mass is 10.1. The van der Waals surface area contributed by atoms with Crippen LogP contribution < -0.4 is 29.3 Å². The largest absolute Gasteiger partial charge is 0.497 e. The Morgan fingerprint density at radius 3 is 2.50 bits per heavy atom. The Balaban J connectivity index is 1.58. The van der Waals surface area contributed by atoms with Crippen molar-refractivity contribution in [1.82, 2.24) is 14.0 Å². The van der Waals surface area contributed by atoms with E-state index in [4.69, 9.17) is 23.9 Å². The lowest BCUT2D eigenvalue weighted by Gasteiger charge is -2.11. The lowest BCUT2D eigenvalue weighted by Crippen LogP contribution is -2.20. The Morgan fingerprint density at radius 2 is 1.80 bits per heavy atom. The summed E-state index contributed by atoms with van der Waals surface area (Å²) in [6, 6.07) is 17.4. The quantitative estimate of drug-likeness (QED) is 0.139. The first-order valence-electron chi connectivity index (χ1n) is 13.2. The van der Waals surface area contributed by atoms with Gasteiger partial charge < -0.3 is 18.9 Å². The molecule has 5 aromatic rings. The fourth-order valence-corrected chi connectivity index (χ4v) is 5.63. The van der Waals surface area contributed by atoms with Gasteiger partial charge in [0.15, 0.2) is 17.2 Å². The van der Waals surface area contributed by atoms with Gasteiger partial charge in [-0.25, -0.2) is 14.4 Å². The molecule has 0 saturated carbocycles. The summed E-state index contributed by atoms with van der Waals surface area (Å²) in [5, 5.41) is 18.4. The molecule has 0 unspecified atom stereocenters. The number of aromatic nitrogens is 3. The summed E-state index contributed by atoms with van der Waals surface area (Å²) in [5.41, 5.74) is 2.41.